The summed E-state index contributed by atoms with van der Waals surface area (Å²) in [7, 11) is 0. The molecule has 0 unspecified atom stereocenters. The molecule has 2 N–H and O–H groups in total. The Hall–Kier alpha value is -1.79. The number of carbonyl (C=O) groups is 3. The summed E-state index contributed by atoms with van der Waals surface area (Å²) in [6.07, 6.45) is -0.196. The molecule has 0 bridgehead atoms. The number of carbonyl (C=O) groups excluding carboxylic acids is 3. The Kier molecular flexibility index (Phi) is 8.06. The number of amides is 2. The van der Waals surface area contributed by atoms with Crippen molar-refractivity contribution in [1.29, 1.82) is 0 Å². The zero-order valence-electron chi connectivity index (χ0n) is 15.2. The molecule has 0 radical (unpaired) electrons. The number of hydrogen-bond acceptors (Lipinski definition) is 5. The number of alkyl carbamates (subject to hydrolysis) is 2. The van der Waals surface area contributed by atoms with Crippen LogP contribution in [-0.2, 0) is 14.3 Å². The minimum Gasteiger partial charge on any atom is -0.444 e. The minimum atomic E-state index is -0.634. The third kappa shape index (κ3) is 12.4. The third-order valence-corrected chi connectivity index (χ3v) is 2.52. The fourth-order valence-corrected chi connectivity index (χ4v) is 1.64. The fourth-order valence-electron chi connectivity index (χ4n) is 1.64. The monoisotopic (exact) mass is 330 g/mol. The molecule has 2 amide bonds. The first kappa shape index (κ1) is 21.2. The van der Waals surface area contributed by atoms with Crippen LogP contribution in [0.4, 0.5) is 9.59 Å². The van der Waals surface area contributed by atoms with Crippen molar-refractivity contribution >= 4 is 18.0 Å². The van der Waals surface area contributed by atoms with E-state index in [-0.39, 0.29) is 5.78 Å². The topological polar surface area (TPSA) is 93.7 Å². The van der Waals surface area contributed by atoms with E-state index in [4.69, 9.17) is 9.47 Å². The van der Waals surface area contributed by atoms with Gasteiger partial charge in [0.1, 0.15) is 11.2 Å². The summed E-state index contributed by atoms with van der Waals surface area (Å²) in [5.74, 6) is -0.159. The van der Waals surface area contributed by atoms with E-state index in [1.165, 1.54) is 6.92 Å². The molecule has 1 atom stereocenters. The molecule has 0 rings (SSSR count). The lowest BCUT2D eigenvalue weighted by Crippen LogP contribution is -2.43. The van der Waals surface area contributed by atoms with Gasteiger partial charge in [-0.25, -0.2) is 9.59 Å². The molecular formula is C16H30N2O5. The molecule has 7 heteroatoms. The highest BCUT2D eigenvalue weighted by Crippen LogP contribution is 2.08. The number of ketones is 1. The van der Waals surface area contributed by atoms with Crippen molar-refractivity contribution in [2.75, 3.05) is 6.54 Å². The van der Waals surface area contributed by atoms with E-state index in [0.29, 0.717) is 19.4 Å². The van der Waals surface area contributed by atoms with Crippen molar-refractivity contribution < 1.29 is 23.9 Å². The number of hydrogen-bond donors (Lipinski definition) is 2. The molecule has 0 aliphatic carbocycles. The van der Waals surface area contributed by atoms with Crippen LogP contribution < -0.4 is 10.6 Å². The maximum atomic E-state index is 11.7. The second-order valence-corrected chi connectivity index (χ2v) is 7.38. The van der Waals surface area contributed by atoms with E-state index in [1.54, 1.807) is 41.5 Å². The molecule has 0 aliphatic rings. The second kappa shape index (κ2) is 8.74. The van der Waals surface area contributed by atoms with Crippen molar-refractivity contribution in [2.45, 2.75) is 78.6 Å². The van der Waals surface area contributed by atoms with Gasteiger partial charge in [0.15, 0.2) is 5.78 Å². The van der Waals surface area contributed by atoms with E-state index in [9.17, 15) is 14.4 Å². The highest BCUT2D eigenvalue weighted by Gasteiger charge is 2.22. The van der Waals surface area contributed by atoms with Gasteiger partial charge in [0, 0.05) is 6.54 Å². The number of Topliss-reactive ketones (excluding diaryl/α,β-unsaturated/α-hetero) is 1. The maximum Gasteiger partial charge on any atom is 0.408 e. The summed E-state index contributed by atoms with van der Waals surface area (Å²) in [6, 6.07) is -0.634. The van der Waals surface area contributed by atoms with Crippen molar-refractivity contribution in [3.05, 3.63) is 0 Å². The Morgan fingerprint density at radius 3 is 1.83 bits per heavy atom. The largest absolute Gasteiger partial charge is 0.444 e. The molecular weight excluding hydrogens is 300 g/mol. The second-order valence-electron chi connectivity index (χ2n) is 7.38. The molecule has 0 spiro atoms. The Balaban J connectivity index is 4.19. The predicted octanol–water partition coefficient (Wildman–Crippen LogP) is 2.77. The fraction of sp³-hybridized carbons (Fsp3) is 0.812. The first-order valence-corrected chi connectivity index (χ1v) is 7.77. The Labute approximate surface area is 138 Å². The number of ether oxygens (including phenoxy) is 2. The van der Waals surface area contributed by atoms with Gasteiger partial charge in [-0.15, -0.1) is 0 Å². The van der Waals surface area contributed by atoms with Crippen LogP contribution in [0.3, 0.4) is 0 Å². The summed E-state index contributed by atoms with van der Waals surface area (Å²) >= 11 is 0. The van der Waals surface area contributed by atoms with Crippen LogP contribution >= 0.6 is 0 Å². The number of rotatable bonds is 6. The highest BCUT2D eigenvalue weighted by molar-refractivity contribution is 5.85. The smallest absolute Gasteiger partial charge is 0.408 e. The van der Waals surface area contributed by atoms with Gasteiger partial charge in [0.2, 0.25) is 0 Å². The third-order valence-electron chi connectivity index (χ3n) is 2.52. The standard InChI is InChI=1S/C16H30N2O5/c1-11(19)12(18-14(21)23-16(5,6)7)9-8-10-17-13(20)22-15(2,3)4/h12H,8-10H2,1-7H3,(H,17,20)(H,18,21)/t12-/m0/s1. The molecule has 0 aromatic heterocycles. The molecule has 0 aliphatic heterocycles. The average molecular weight is 330 g/mol. The van der Waals surface area contributed by atoms with Crippen molar-refractivity contribution in [1.82, 2.24) is 10.6 Å². The van der Waals surface area contributed by atoms with Crippen molar-refractivity contribution in [3.8, 4) is 0 Å². The van der Waals surface area contributed by atoms with E-state index in [0.717, 1.165) is 0 Å². The molecule has 7 nitrogen and oxygen atoms in total. The molecule has 0 aromatic rings. The van der Waals surface area contributed by atoms with Crippen molar-refractivity contribution in [2.24, 2.45) is 0 Å². The first-order valence-electron chi connectivity index (χ1n) is 7.77. The van der Waals surface area contributed by atoms with Crippen LogP contribution in [-0.4, -0.2) is 41.8 Å². The van der Waals surface area contributed by atoms with Crippen LogP contribution in [0, 0.1) is 0 Å². The Morgan fingerprint density at radius 1 is 0.913 bits per heavy atom. The molecule has 134 valence electrons. The summed E-state index contributed by atoms with van der Waals surface area (Å²) < 4.78 is 10.2. The summed E-state index contributed by atoms with van der Waals surface area (Å²) in [6.45, 7) is 12.4. The number of nitrogens with one attached hydrogen (secondary N) is 2. The van der Waals surface area contributed by atoms with Crippen LogP contribution in [0.15, 0.2) is 0 Å². The molecule has 0 heterocycles. The van der Waals surface area contributed by atoms with Crippen LogP contribution in [0.5, 0.6) is 0 Å². The molecule has 0 aromatic carbocycles. The van der Waals surface area contributed by atoms with Crippen LogP contribution in [0.2, 0.25) is 0 Å². The van der Waals surface area contributed by atoms with Gasteiger partial charge in [-0.3, -0.25) is 4.79 Å². The van der Waals surface area contributed by atoms with Gasteiger partial charge in [0.05, 0.1) is 6.04 Å². The van der Waals surface area contributed by atoms with Gasteiger partial charge in [-0.05, 0) is 61.3 Å². The van der Waals surface area contributed by atoms with Gasteiger partial charge >= 0.3 is 12.2 Å². The zero-order chi connectivity index (χ0) is 18.3. The SMILES string of the molecule is CC(=O)[C@H](CCCNC(=O)OC(C)(C)C)NC(=O)OC(C)(C)C. The summed E-state index contributed by atoms with van der Waals surface area (Å²) in [5.41, 5.74) is -1.17. The van der Waals surface area contributed by atoms with Gasteiger partial charge in [-0.1, -0.05) is 0 Å². The quantitative estimate of drug-likeness (QED) is 0.730. The Morgan fingerprint density at radius 2 is 1.39 bits per heavy atom. The van der Waals surface area contributed by atoms with Crippen LogP contribution in [0.1, 0.15) is 61.3 Å². The van der Waals surface area contributed by atoms with Crippen molar-refractivity contribution in [3.63, 3.8) is 0 Å². The normalized spacial score (nSPS) is 13.0. The molecule has 0 fully saturated rings. The van der Waals surface area contributed by atoms with Gasteiger partial charge < -0.3 is 20.1 Å². The predicted molar refractivity (Wildman–Crippen MR) is 87.3 cm³/mol. The minimum absolute atomic E-state index is 0.159. The van der Waals surface area contributed by atoms with E-state index < -0.39 is 29.4 Å². The Bertz CT molecular complexity index is 421. The lowest BCUT2D eigenvalue weighted by molar-refractivity contribution is -0.119. The van der Waals surface area contributed by atoms with E-state index in [2.05, 4.69) is 10.6 Å². The van der Waals surface area contributed by atoms with Gasteiger partial charge in [-0.2, -0.15) is 0 Å². The highest BCUT2D eigenvalue weighted by atomic mass is 16.6. The van der Waals surface area contributed by atoms with Gasteiger partial charge in [0.25, 0.3) is 0 Å². The van der Waals surface area contributed by atoms with E-state index in [1.807, 2.05) is 0 Å². The summed E-state index contributed by atoms with van der Waals surface area (Å²) in [4.78, 5) is 34.8. The van der Waals surface area contributed by atoms with Crippen LogP contribution in [0.25, 0.3) is 0 Å². The average Bonchev–Trinajstić information content (AvgIpc) is 2.27. The van der Waals surface area contributed by atoms with E-state index >= 15 is 0 Å². The first-order chi connectivity index (χ1) is 10.3. The maximum absolute atomic E-state index is 11.7. The zero-order valence-corrected chi connectivity index (χ0v) is 15.2. The lowest BCUT2D eigenvalue weighted by atomic mass is 10.1. The summed E-state index contributed by atoms with van der Waals surface area (Å²) in [5, 5.41) is 5.15. The molecule has 0 saturated heterocycles. The molecule has 0 saturated carbocycles. The lowest BCUT2D eigenvalue weighted by Gasteiger charge is -2.23. The molecule has 23 heavy (non-hydrogen) atoms.